The minimum atomic E-state index is -5.10. The fourth-order valence-electron chi connectivity index (χ4n) is 2.45. The minimum Gasteiger partial charge on any atom is -0.478 e. The molecule has 2 N–H and O–H groups in total. The van der Waals surface area contributed by atoms with E-state index in [0.29, 0.717) is 0 Å². The summed E-state index contributed by atoms with van der Waals surface area (Å²) < 4.78 is 49.2. The van der Waals surface area contributed by atoms with Crippen LogP contribution in [-0.2, 0) is 14.1 Å². The van der Waals surface area contributed by atoms with Crippen LogP contribution in [0.4, 0.5) is 18.9 Å². The monoisotopic (exact) mass is 373 g/mol. The second-order valence-corrected chi connectivity index (χ2v) is 7.08. The molecule has 10 heteroatoms. The number of hydrogen-bond acceptors (Lipinski definition) is 4. The van der Waals surface area contributed by atoms with E-state index < -0.39 is 36.4 Å². The van der Waals surface area contributed by atoms with E-state index in [1.54, 1.807) is 33.0 Å². The Balaban J connectivity index is 2.49. The number of carboxylic acids is 1. The third-order valence-corrected chi connectivity index (χ3v) is 4.70. The Morgan fingerprint density at radius 1 is 1.12 bits per heavy atom. The Bertz CT molecular complexity index is 745. The third-order valence-electron chi connectivity index (χ3n) is 4.70. The van der Waals surface area contributed by atoms with Crippen molar-refractivity contribution in [2.24, 2.45) is 0 Å². The molecule has 1 fully saturated rings. The molecule has 0 bridgehead atoms. The average Bonchev–Trinajstić information content (AvgIpc) is 2.67. The van der Waals surface area contributed by atoms with Crippen LogP contribution in [0.25, 0.3) is 0 Å². The number of carboxylic acid groups (broad SMARTS) is 1. The van der Waals surface area contributed by atoms with Gasteiger partial charge in [-0.15, -0.1) is 0 Å². The van der Waals surface area contributed by atoms with Crippen LogP contribution in [0.15, 0.2) is 12.1 Å². The summed E-state index contributed by atoms with van der Waals surface area (Å²) in [5.41, 5.74) is -1.49. The Morgan fingerprint density at radius 3 is 2.04 bits per heavy atom. The molecule has 0 spiro atoms. The van der Waals surface area contributed by atoms with Crippen molar-refractivity contribution in [2.45, 2.75) is 52.0 Å². The van der Waals surface area contributed by atoms with E-state index in [0.717, 1.165) is 6.07 Å². The molecule has 2 rings (SSSR count). The van der Waals surface area contributed by atoms with Crippen LogP contribution in [0.1, 0.15) is 43.6 Å². The van der Waals surface area contributed by atoms with Crippen molar-refractivity contribution in [2.75, 3.05) is 5.32 Å². The minimum absolute atomic E-state index is 0.237. The number of hydrogen-bond donors (Lipinski definition) is 2. The summed E-state index contributed by atoms with van der Waals surface area (Å²) in [6.45, 7) is 8.65. The molecule has 142 valence electrons. The molecule has 1 aromatic rings. The molecule has 1 heterocycles. The summed E-state index contributed by atoms with van der Waals surface area (Å²) in [5.74, 6) is -3.54. The number of halogens is 3. The van der Waals surface area contributed by atoms with Crippen LogP contribution in [0.2, 0.25) is 0 Å². The van der Waals surface area contributed by atoms with Crippen LogP contribution in [0, 0.1) is 6.92 Å². The molecule has 0 aromatic heterocycles. The fourth-order valence-corrected chi connectivity index (χ4v) is 2.45. The van der Waals surface area contributed by atoms with E-state index in [9.17, 15) is 27.9 Å². The fraction of sp³-hybridized carbons (Fsp3) is 0.500. The molecule has 0 unspecified atom stereocenters. The topological polar surface area (TPSA) is 84.9 Å². The molecule has 0 radical (unpaired) electrons. The van der Waals surface area contributed by atoms with Gasteiger partial charge in [-0.2, -0.15) is 13.2 Å². The lowest BCUT2D eigenvalue weighted by Gasteiger charge is -2.32. The Hall–Kier alpha value is -2.07. The smallest absolute Gasteiger partial charge is 0.478 e. The number of anilines is 1. The third kappa shape index (κ3) is 3.71. The summed E-state index contributed by atoms with van der Waals surface area (Å²) in [5, 5.41) is 11.0. The van der Waals surface area contributed by atoms with Crippen molar-refractivity contribution >= 4 is 30.1 Å². The molecule has 26 heavy (non-hydrogen) atoms. The van der Waals surface area contributed by atoms with Gasteiger partial charge in [0, 0.05) is 5.69 Å². The van der Waals surface area contributed by atoms with Gasteiger partial charge in [0.05, 0.1) is 16.8 Å². The van der Waals surface area contributed by atoms with Gasteiger partial charge >= 0.3 is 25.2 Å². The largest absolute Gasteiger partial charge is 0.495 e. The first-order chi connectivity index (χ1) is 11.7. The quantitative estimate of drug-likeness (QED) is 0.796. The van der Waals surface area contributed by atoms with Crippen molar-refractivity contribution < 1.29 is 37.2 Å². The van der Waals surface area contributed by atoms with Gasteiger partial charge in [-0.3, -0.25) is 4.79 Å². The maximum Gasteiger partial charge on any atom is 0.495 e. The predicted molar refractivity (Wildman–Crippen MR) is 88.5 cm³/mol. The molecule has 0 atom stereocenters. The van der Waals surface area contributed by atoms with Gasteiger partial charge in [0.1, 0.15) is 0 Å². The highest BCUT2D eigenvalue weighted by atomic mass is 19.4. The van der Waals surface area contributed by atoms with Gasteiger partial charge in [0.25, 0.3) is 0 Å². The lowest BCUT2D eigenvalue weighted by atomic mass is 9.74. The van der Waals surface area contributed by atoms with E-state index in [4.69, 9.17) is 9.31 Å². The summed E-state index contributed by atoms with van der Waals surface area (Å²) in [6, 6.07) is 2.20. The standard InChI is InChI=1S/C16H19BF3NO5/c1-8-10(12(22)23)6-9(21-13(24)16(18,19)20)7-11(8)17-25-14(2,3)15(4,5)26-17/h6-7H,1-5H3,(H,21,24)(H,22,23). The second kappa shape index (κ2) is 6.28. The SMILES string of the molecule is Cc1c(B2OC(C)(C)C(C)(C)O2)cc(NC(=O)C(F)(F)F)cc1C(=O)O. The maximum atomic E-state index is 12.5. The number of carbonyl (C=O) groups excluding carboxylic acids is 1. The van der Waals surface area contributed by atoms with E-state index in [1.165, 1.54) is 13.0 Å². The molecule has 1 aromatic carbocycles. The molecule has 1 saturated heterocycles. The van der Waals surface area contributed by atoms with Crippen LogP contribution < -0.4 is 10.8 Å². The van der Waals surface area contributed by atoms with E-state index in [2.05, 4.69) is 0 Å². The molecule has 0 aliphatic carbocycles. The highest BCUT2D eigenvalue weighted by molar-refractivity contribution is 6.63. The molecule has 1 aliphatic rings. The number of carbonyl (C=O) groups is 2. The number of rotatable bonds is 3. The summed E-state index contributed by atoms with van der Waals surface area (Å²) >= 11 is 0. The zero-order chi connectivity index (χ0) is 20.1. The number of nitrogens with one attached hydrogen (secondary N) is 1. The first-order valence-electron chi connectivity index (χ1n) is 7.77. The van der Waals surface area contributed by atoms with Crippen LogP contribution in [-0.4, -0.2) is 41.5 Å². The van der Waals surface area contributed by atoms with Crippen LogP contribution in [0.3, 0.4) is 0 Å². The zero-order valence-corrected chi connectivity index (χ0v) is 14.9. The number of aromatic carboxylic acids is 1. The zero-order valence-electron chi connectivity index (χ0n) is 14.9. The van der Waals surface area contributed by atoms with E-state index in [1.807, 2.05) is 0 Å². The normalized spacial score (nSPS) is 18.7. The van der Waals surface area contributed by atoms with Crippen molar-refractivity contribution in [1.82, 2.24) is 0 Å². The van der Waals surface area contributed by atoms with Crippen LogP contribution in [0.5, 0.6) is 0 Å². The lowest BCUT2D eigenvalue weighted by Crippen LogP contribution is -2.41. The number of benzene rings is 1. The molecule has 1 aliphatic heterocycles. The van der Waals surface area contributed by atoms with Crippen molar-refractivity contribution in [1.29, 1.82) is 0 Å². The Kier molecular flexibility index (Phi) is 4.89. The van der Waals surface area contributed by atoms with Crippen LogP contribution >= 0.6 is 0 Å². The molecular formula is C16H19BF3NO5. The first-order valence-corrected chi connectivity index (χ1v) is 7.77. The average molecular weight is 373 g/mol. The number of alkyl halides is 3. The summed E-state index contributed by atoms with van der Waals surface area (Å²) in [7, 11) is -0.985. The molecular weight excluding hydrogens is 354 g/mol. The predicted octanol–water partition coefficient (Wildman–Crippen LogP) is 2.49. The van der Waals surface area contributed by atoms with E-state index >= 15 is 0 Å². The summed E-state index contributed by atoms with van der Waals surface area (Å²) in [6.07, 6.45) is -5.10. The van der Waals surface area contributed by atoms with Gasteiger partial charge in [0.2, 0.25) is 0 Å². The van der Waals surface area contributed by atoms with Crippen molar-refractivity contribution in [3.05, 3.63) is 23.3 Å². The first kappa shape index (κ1) is 20.2. The lowest BCUT2D eigenvalue weighted by molar-refractivity contribution is -0.167. The Labute approximate surface area is 148 Å². The van der Waals surface area contributed by atoms with Gasteiger partial charge in [-0.25, -0.2) is 4.79 Å². The van der Waals surface area contributed by atoms with E-state index in [-0.39, 0.29) is 22.3 Å². The molecule has 1 amide bonds. The van der Waals surface area contributed by atoms with Gasteiger partial charge in [0.15, 0.2) is 0 Å². The highest BCUT2D eigenvalue weighted by Gasteiger charge is 2.52. The van der Waals surface area contributed by atoms with Gasteiger partial charge in [-0.05, 0) is 57.8 Å². The van der Waals surface area contributed by atoms with Crippen molar-refractivity contribution in [3.8, 4) is 0 Å². The number of amides is 1. The second-order valence-electron chi connectivity index (χ2n) is 7.08. The molecule has 6 nitrogen and oxygen atoms in total. The molecule has 0 saturated carbocycles. The van der Waals surface area contributed by atoms with Gasteiger partial charge < -0.3 is 19.7 Å². The van der Waals surface area contributed by atoms with Crippen molar-refractivity contribution in [3.63, 3.8) is 0 Å². The van der Waals surface area contributed by atoms with Gasteiger partial charge in [-0.1, -0.05) is 0 Å². The highest BCUT2D eigenvalue weighted by Crippen LogP contribution is 2.37. The Morgan fingerprint density at radius 2 is 1.62 bits per heavy atom. The summed E-state index contributed by atoms with van der Waals surface area (Å²) in [4.78, 5) is 22.7. The maximum absolute atomic E-state index is 12.5.